The number of rotatable bonds is 10. The maximum Gasteiger partial charge on any atom is 0.320 e. The van der Waals surface area contributed by atoms with E-state index in [0.29, 0.717) is 19.5 Å². The molecule has 5 heteroatoms. The third kappa shape index (κ3) is 6.76. The second-order valence-corrected chi connectivity index (χ2v) is 4.05. The Balaban J connectivity index is 3.93. The molecular formula is C11H24N2O3. The molecule has 0 amide bonds. The quantitative estimate of drug-likeness (QED) is 0.471. The number of carboxylic acids is 1. The van der Waals surface area contributed by atoms with Crippen LogP contribution in [0.4, 0.5) is 0 Å². The van der Waals surface area contributed by atoms with Crippen molar-refractivity contribution in [2.24, 2.45) is 5.73 Å². The first-order chi connectivity index (χ1) is 7.63. The molecule has 0 spiro atoms. The average Bonchev–Trinajstić information content (AvgIpc) is 2.24. The number of hydrogen-bond donors (Lipinski definition) is 3. The third-order valence-electron chi connectivity index (χ3n) is 2.67. The predicted octanol–water partition coefficient (Wildman–Crippen LogP) is 0.273. The van der Waals surface area contributed by atoms with Crippen molar-refractivity contribution in [1.29, 1.82) is 0 Å². The molecule has 0 saturated carbocycles. The van der Waals surface area contributed by atoms with Crippen molar-refractivity contribution in [2.45, 2.75) is 38.1 Å². The highest BCUT2D eigenvalue weighted by Gasteiger charge is 2.21. The molecule has 0 aliphatic carbocycles. The number of nitrogens with two attached hydrogens (primary N) is 1. The summed E-state index contributed by atoms with van der Waals surface area (Å²) in [7, 11) is 1.82. The van der Waals surface area contributed by atoms with Crippen LogP contribution < -0.4 is 5.73 Å². The fraction of sp³-hybridized carbons (Fsp3) is 0.909. The van der Waals surface area contributed by atoms with Crippen LogP contribution in [-0.2, 0) is 4.79 Å². The second-order valence-electron chi connectivity index (χ2n) is 4.05. The monoisotopic (exact) mass is 232 g/mol. The molecule has 0 aliphatic heterocycles. The zero-order chi connectivity index (χ0) is 12.4. The molecule has 5 nitrogen and oxygen atoms in total. The fourth-order valence-electron chi connectivity index (χ4n) is 1.64. The maximum absolute atomic E-state index is 11.0. The van der Waals surface area contributed by atoms with Gasteiger partial charge in [0.1, 0.15) is 6.04 Å². The summed E-state index contributed by atoms with van der Waals surface area (Å²) >= 11 is 0. The molecule has 0 fully saturated rings. The molecule has 0 unspecified atom stereocenters. The Bertz CT molecular complexity index is 188. The van der Waals surface area contributed by atoms with Gasteiger partial charge in [0, 0.05) is 6.61 Å². The van der Waals surface area contributed by atoms with E-state index in [1.165, 1.54) is 0 Å². The lowest BCUT2D eigenvalue weighted by atomic mass is 10.1. The molecule has 0 aromatic rings. The third-order valence-corrected chi connectivity index (χ3v) is 2.67. The van der Waals surface area contributed by atoms with Gasteiger partial charge in [-0.05, 0) is 45.8 Å². The highest BCUT2D eigenvalue weighted by Crippen LogP contribution is 2.08. The van der Waals surface area contributed by atoms with Gasteiger partial charge in [0.15, 0.2) is 0 Å². The van der Waals surface area contributed by atoms with Crippen LogP contribution in [0.3, 0.4) is 0 Å². The van der Waals surface area contributed by atoms with Gasteiger partial charge >= 0.3 is 5.97 Å². The number of nitrogens with zero attached hydrogens (tertiary/aromatic N) is 1. The summed E-state index contributed by atoms with van der Waals surface area (Å²) in [4.78, 5) is 12.9. The van der Waals surface area contributed by atoms with Crippen LogP contribution in [0.1, 0.15) is 32.1 Å². The average molecular weight is 232 g/mol. The van der Waals surface area contributed by atoms with E-state index in [4.69, 9.17) is 15.9 Å². The SMILES string of the molecule is CN(CCCCO)[C@@H](CCCCN)C(=O)O. The lowest BCUT2D eigenvalue weighted by molar-refractivity contribution is -0.143. The van der Waals surface area contributed by atoms with Crippen molar-refractivity contribution >= 4 is 5.97 Å². The van der Waals surface area contributed by atoms with E-state index in [1.807, 2.05) is 11.9 Å². The molecule has 16 heavy (non-hydrogen) atoms. The van der Waals surface area contributed by atoms with Crippen LogP contribution in [0.25, 0.3) is 0 Å². The van der Waals surface area contributed by atoms with Gasteiger partial charge in [0.25, 0.3) is 0 Å². The molecule has 0 heterocycles. The highest BCUT2D eigenvalue weighted by molar-refractivity contribution is 5.73. The van der Waals surface area contributed by atoms with Crippen LogP contribution >= 0.6 is 0 Å². The van der Waals surface area contributed by atoms with Gasteiger partial charge in [-0.2, -0.15) is 0 Å². The topological polar surface area (TPSA) is 86.8 Å². The number of unbranched alkanes of at least 4 members (excludes halogenated alkanes) is 2. The van der Waals surface area contributed by atoms with Gasteiger partial charge in [0.2, 0.25) is 0 Å². The van der Waals surface area contributed by atoms with Crippen LogP contribution in [0.5, 0.6) is 0 Å². The minimum Gasteiger partial charge on any atom is -0.480 e. The lowest BCUT2D eigenvalue weighted by Crippen LogP contribution is -2.39. The smallest absolute Gasteiger partial charge is 0.320 e. The molecule has 0 aromatic carbocycles. The molecular weight excluding hydrogens is 208 g/mol. The standard InChI is InChI=1S/C11H24N2O3/c1-13(8-4-5-9-14)10(11(15)16)6-2-3-7-12/h10,14H,2-9,12H2,1H3,(H,15,16)/t10-/m0/s1. The Hall–Kier alpha value is -0.650. The summed E-state index contributed by atoms with van der Waals surface area (Å²) in [5.74, 6) is -0.775. The zero-order valence-corrected chi connectivity index (χ0v) is 10.1. The summed E-state index contributed by atoms with van der Waals surface area (Å²) in [5.41, 5.74) is 5.38. The molecule has 0 bridgehead atoms. The molecule has 0 saturated heterocycles. The van der Waals surface area contributed by atoms with E-state index >= 15 is 0 Å². The number of aliphatic carboxylic acids is 1. The first-order valence-electron chi connectivity index (χ1n) is 5.87. The van der Waals surface area contributed by atoms with Gasteiger partial charge in [-0.15, -0.1) is 0 Å². The minimum atomic E-state index is -0.775. The van der Waals surface area contributed by atoms with Crippen molar-refractivity contribution in [3.05, 3.63) is 0 Å². The fourth-order valence-corrected chi connectivity index (χ4v) is 1.64. The van der Waals surface area contributed by atoms with Gasteiger partial charge in [-0.1, -0.05) is 6.42 Å². The second kappa shape index (κ2) is 9.57. The van der Waals surface area contributed by atoms with Crippen molar-refractivity contribution < 1.29 is 15.0 Å². The van der Waals surface area contributed by atoms with Crippen molar-refractivity contribution in [3.8, 4) is 0 Å². The van der Waals surface area contributed by atoms with Gasteiger partial charge in [0.05, 0.1) is 0 Å². The van der Waals surface area contributed by atoms with Crippen molar-refractivity contribution in [1.82, 2.24) is 4.90 Å². The number of aliphatic hydroxyl groups excluding tert-OH is 1. The number of aliphatic hydroxyl groups is 1. The number of likely N-dealkylation sites (N-methyl/N-ethyl adjacent to an activating group) is 1. The number of hydrogen-bond acceptors (Lipinski definition) is 4. The Morgan fingerprint density at radius 1 is 1.31 bits per heavy atom. The van der Waals surface area contributed by atoms with E-state index < -0.39 is 12.0 Å². The number of carboxylic acid groups (broad SMARTS) is 1. The van der Waals surface area contributed by atoms with Gasteiger partial charge in [-0.3, -0.25) is 9.69 Å². The largest absolute Gasteiger partial charge is 0.480 e. The minimum absolute atomic E-state index is 0.165. The molecule has 0 aromatic heterocycles. The molecule has 4 N–H and O–H groups in total. The molecule has 0 radical (unpaired) electrons. The van der Waals surface area contributed by atoms with Gasteiger partial charge in [-0.25, -0.2) is 0 Å². The van der Waals surface area contributed by atoms with E-state index in [2.05, 4.69) is 0 Å². The van der Waals surface area contributed by atoms with E-state index in [0.717, 1.165) is 25.7 Å². The molecule has 96 valence electrons. The lowest BCUT2D eigenvalue weighted by Gasteiger charge is -2.24. The highest BCUT2D eigenvalue weighted by atomic mass is 16.4. The van der Waals surface area contributed by atoms with Crippen LogP contribution in [0.2, 0.25) is 0 Å². The van der Waals surface area contributed by atoms with E-state index in [1.54, 1.807) is 0 Å². The Morgan fingerprint density at radius 2 is 2.00 bits per heavy atom. The van der Waals surface area contributed by atoms with E-state index in [-0.39, 0.29) is 6.61 Å². The predicted molar refractivity (Wildman–Crippen MR) is 63.3 cm³/mol. The first kappa shape index (κ1) is 15.3. The summed E-state index contributed by atoms with van der Waals surface area (Å²) in [6.07, 6.45) is 3.90. The summed E-state index contributed by atoms with van der Waals surface area (Å²) in [6, 6.07) is -0.426. The molecule has 1 atom stereocenters. The summed E-state index contributed by atoms with van der Waals surface area (Å²) < 4.78 is 0. The normalized spacial score (nSPS) is 13.0. The molecule has 0 rings (SSSR count). The number of carbonyl (C=O) groups is 1. The Kier molecular flexibility index (Phi) is 9.18. The van der Waals surface area contributed by atoms with Crippen molar-refractivity contribution in [3.63, 3.8) is 0 Å². The van der Waals surface area contributed by atoms with Crippen LogP contribution in [0, 0.1) is 0 Å². The van der Waals surface area contributed by atoms with Crippen LogP contribution in [-0.4, -0.2) is 53.9 Å². The Labute approximate surface area is 97.2 Å². The first-order valence-corrected chi connectivity index (χ1v) is 5.87. The zero-order valence-electron chi connectivity index (χ0n) is 10.1. The summed E-state index contributed by atoms with van der Waals surface area (Å²) in [6.45, 7) is 1.49. The summed E-state index contributed by atoms with van der Waals surface area (Å²) in [5, 5.41) is 17.7. The maximum atomic E-state index is 11.0. The van der Waals surface area contributed by atoms with Crippen LogP contribution in [0.15, 0.2) is 0 Å². The molecule has 0 aliphatic rings. The van der Waals surface area contributed by atoms with E-state index in [9.17, 15) is 4.79 Å². The van der Waals surface area contributed by atoms with Crippen molar-refractivity contribution in [2.75, 3.05) is 26.7 Å². The van der Waals surface area contributed by atoms with Gasteiger partial charge < -0.3 is 15.9 Å². The Morgan fingerprint density at radius 3 is 2.50 bits per heavy atom.